The van der Waals surface area contributed by atoms with Crippen molar-refractivity contribution in [2.24, 2.45) is 16.6 Å². The minimum atomic E-state index is -2.50. The fraction of sp³-hybridized carbons (Fsp3) is 0.462. The van der Waals surface area contributed by atoms with Gasteiger partial charge in [-0.05, 0) is 30.2 Å². The summed E-state index contributed by atoms with van der Waals surface area (Å²) in [6.45, 7) is 0.338. The lowest BCUT2D eigenvalue weighted by Gasteiger charge is -2.33. The number of nitrogens with zero attached hydrogens (tertiary/aromatic N) is 1. The zero-order chi connectivity index (χ0) is 13.9. The molecule has 0 spiro atoms. The second kappa shape index (κ2) is 7.05. The van der Waals surface area contributed by atoms with Gasteiger partial charge < -0.3 is 15.8 Å². The maximum absolute atomic E-state index is 12.6. The van der Waals surface area contributed by atoms with E-state index < -0.39 is 5.92 Å². The van der Waals surface area contributed by atoms with Crippen LogP contribution in [0, 0.1) is 5.92 Å². The van der Waals surface area contributed by atoms with Gasteiger partial charge in [-0.15, -0.1) is 24.0 Å². The number of alkyl halides is 2. The largest absolute Gasteiger partial charge is 0.497 e. The molecule has 7 heteroatoms. The van der Waals surface area contributed by atoms with Crippen molar-refractivity contribution in [2.75, 3.05) is 19.0 Å². The molecule has 0 atom stereocenters. The van der Waals surface area contributed by atoms with Crippen molar-refractivity contribution < 1.29 is 13.5 Å². The third-order valence-electron chi connectivity index (χ3n) is 3.06. The lowest BCUT2D eigenvalue weighted by atomic mass is 9.81. The van der Waals surface area contributed by atoms with Crippen molar-refractivity contribution in [3.8, 4) is 5.75 Å². The van der Waals surface area contributed by atoms with Crippen LogP contribution in [0.5, 0.6) is 5.75 Å². The van der Waals surface area contributed by atoms with Gasteiger partial charge in [-0.2, -0.15) is 0 Å². The number of hydrogen-bond donors (Lipinski definition) is 2. The number of nitrogens with two attached hydrogens (primary N) is 1. The van der Waals surface area contributed by atoms with E-state index in [4.69, 9.17) is 10.5 Å². The molecular weight excluding hydrogens is 379 g/mol. The number of hydrogen-bond acceptors (Lipinski definition) is 2. The zero-order valence-corrected chi connectivity index (χ0v) is 13.4. The standard InChI is InChI=1S/C13H17F2N3O.HI/c1-19-11-4-2-10(3-5-11)18-12(16)17-8-9-6-13(14,15)7-9;/h2-5,9H,6-8H2,1H3,(H3,16,17,18);1H. The van der Waals surface area contributed by atoms with Crippen LogP contribution in [0.4, 0.5) is 14.5 Å². The molecule has 0 unspecified atom stereocenters. The van der Waals surface area contributed by atoms with Gasteiger partial charge in [0.2, 0.25) is 5.92 Å². The van der Waals surface area contributed by atoms with Crippen LogP contribution in [0.15, 0.2) is 29.3 Å². The fourth-order valence-corrected chi connectivity index (χ4v) is 2.00. The summed E-state index contributed by atoms with van der Waals surface area (Å²) in [5.74, 6) is -1.58. The summed E-state index contributed by atoms with van der Waals surface area (Å²) in [5.41, 5.74) is 6.47. The van der Waals surface area contributed by atoms with E-state index in [-0.39, 0.29) is 48.7 Å². The maximum Gasteiger partial charge on any atom is 0.248 e. The number of rotatable bonds is 4. The third-order valence-corrected chi connectivity index (χ3v) is 3.06. The normalized spacial score (nSPS) is 17.9. The summed E-state index contributed by atoms with van der Waals surface area (Å²) >= 11 is 0. The Kier molecular flexibility index (Phi) is 5.97. The molecule has 1 fully saturated rings. The van der Waals surface area contributed by atoms with Gasteiger partial charge >= 0.3 is 0 Å². The number of nitrogens with one attached hydrogen (secondary N) is 1. The van der Waals surface area contributed by atoms with Gasteiger partial charge in [-0.1, -0.05) is 0 Å². The predicted octanol–water partition coefficient (Wildman–Crippen LogP) is 3.09. The van der Waals surface area contributed by atoms with E-state index >= 15 is 0 Å². The molecule has 1 aliphatic carbocycles. The Morgan fingerprint density at radius 2 is 2.00 bits per heavy atom. The highest BCUT2D eigenvalue weighted by Crippen LogP contribution is 2.42. The van der Waals surface area contributed by atoms with Crippen LogP contribution in [0.2, 0.25) is 0 Å². The van der Waals surface area contributed by atoms with E-state index in [1.807, 2.05) is 0 Å². The summed E-state index contributed by atoms with van der Waals surface area (Å²) in [6, 6.07) is 7.20. The van der Waals surface area contributed by atoms with Gasteiger partial charge in [0.25, 0.3) is 0 Å². The molecule has 2 rings (SSSR count). The predicted molar refractivity (Wildman–Crippen MR) is 86.2 cm³/mol. The number of ether oxygens (including phenoxy) is 1. The van der Waals surface area contributed by atoms with E-state index in [9.17, 15) is 8.78 Å². The van der Waals surface area contributed by atoms with E-state index in [1.165, 1.54) is 0 Å². The van der Waals surface area contributed by atoms with Crippen LogP contribution >= 0.6 is 24.0 Å². The van der Waals surface area contributed by atoms with Crippen molar-refractivity contribution in [3.63, 3.8) is 0 Å². The van der Waals surface area contributed by atoms with Crippen molar-refractivity contribution in [1.29, 1.82) is 0 Å². The molecule has 1 aromatic carbocycles. The van der Waals surface area contributed by atoms with Gasteiger partial charge in [0, 0.05) is 25.1 Å². The summed E-state index contributed by atoms with van der Waals surface area (Å²) in [4.78, 5) is 4.07. The summed E-state index contributed by atoms with van der Waals surface area (Å²) < 4.78 is 30.3. The Bertz CT molecular complexity index is 457. The summed E-state index contributed by atoms with van der Waals surface area (Å²) in [6.07, 6.45) is -0.182. The average molecular weight is 397 g/mol. The molecule has 1 aliphatic rings. The summed E-state index contributed by atoms with van der Waals surface area (Å²) in [7, 11) is 1.59. The van der Waals surface area contributed by atoms with E-state index in [0.29, 0.717) is 6.54 Å². The highest BCUT2D eigenvalue weighted by Gasteiger charge is 2.44. The van der Waals surface area contributed by atoms with Crippen molar-refractivity contribution in [3.05, 3.63) is 24.3 Å². The van der Waals surface area contributed by atoms with Crippen LogP contribution in [0.25, 0.3) is 0 Å². The van der Waals surface area contributed by atoms with E-state index in [2.05, 4.69) is 10.3 Å². The van der Waals surface area contributed by atoms with Crippen LogP contribution in [0.1, 0.15) is 12.8 Å². The molecule has 3 N–H and O–H groups in total. The molecular formula is C13H18F2IN3O. The Hall–Kier alpha value is -1.12. The molecule has 0 bridgehead atoms. The zero-order valence-electron chi connectivity index (χ0n) is 11.1. The fourth-order valence-electron chi connectivity index (χ4n) is 2.00. The number of halogens is 3. The molecule has 1 aromatic rings. The molecule has 20 heavy (non-hydrogen) atoms. The number of methoxy groups -OCH3 is 1. The number of guanidine groups is 1. The third kappa shape index (κ3) is 4.77. The van der Waals surface area contributed by atoms with Crippen LogP contribution < -0.4 is 15.8 Å². The SMILES string of the molecule is COc1ccc(NC(N)=NCC2CC(F)(F)C2)cc1.I. The highest BCUT2D eigenvalue weighted by atomic mass is 127. The van der Waals surface area contributed by atoms with Gasteiger partial charge in [0.15, 0.2) is 5.96 Å². The lowest BCUT2D eigenvalue weighted by Crippen LogP contribution is -2.37. The second-order valence-corrected chi connectivity index (χ2v) is 4.71. The topological polar surface area (TPSA) is 59.6 Å². The number of anilines is 1. The molecule has 0 amide bonds. The quantitative estimate of drug-likeness (QED) is 0.467. The smallest absolute Gasteiger partial charge is 0.248 e. The molecule has 0 radical (unpaired) electrons. The van der Waals surface area contributed by atoms with E-state index in [1.54, 1.807) is 31.4 Å². The number of aliphatic imine (C=N–C) groups is 1. The van der Waals surface area contributed by atoms with Crippen LogP contribution in [0.3, 0.4) is 0 Å². The Morgan fingerprint density at radius 1 is 1.40 bits per heavy atom. The van der Waals surface area contributed by atoms with Gasteiger partial charge in [0.1, 0.15) is 5.75 Å². The summed E-state index contributed by atoms with van der Waals surface area (Å²) in [5, 5.41) is 2.90. The maximum atomic E-state index is 12.6. The second-order valence-electron chi connectivity index (χ2n) is 4.71. The Labute approximate surface area is 133 Å². The minimum Gasteiger partial charge on any atom is -0.497 e. The molecule has 0 aliphatic heterocycles. The van der Waals surface area contributed by atoms with Crippen molar-refractivity contribution in [2.45, 2.75) is 18.8 Å². The molecule has 112 valence electrons. The lowest BCUT2D eigenvalue weighted by molar-refractivity contribution is -0.107. The molecule has 0 heterocycles. The molecule has 4 nitrogen and oxygen atoms in total. The Morgan fingerprint density at radius 3 is 2.50 bits per heavy atom. The monoisotopic (exact) mass is 397 g/mol. The first-order valence-corrected chi connectivity index (χ1v) is 6.07. The molecule has 1 saturated carbocycles. The highest BCUT2D eigenvalue weighted by molar-refractivity contribution is 14.0. The van der Waals surface area contributed by atoms with Crippen molar-refractivity contribution >= 4 is 35.6 Å². The first-order chi connectivity index (χ1) is 8.98. The molecule has 0 aromatic heterocycles. The number of benzene rings is 1. The average Bonchev–Trinajstić information content (AvgIpc) is 2.34. The van der Waals surface area contributed by atoms with Gasteiger partial charge in [0.05, 0.1) is 7.11 Å². The van der Waals surface area contributed by atoms with Gasteiger partial charge in [-0.25, -0.2) is 8.78 Å². The minimum absolute atomic E-state index is 0. The molecule has 0 saturated heterocycles. The first-order valence-electron chi connectivity index (χ1n) is 6.07. The Balaban J connectivity index is 0.00000200. The van der Waals surface area contributed by atoms with Crippen LogP contribution in [-0.4, -0.2) is 25.5 Å². The van der Waals surface area contributed by atoms with Gasteiger partial charge in [-0.3, -0.25) is 4.99 Å². The van der Waals surface area contributed by atoms with E-state index in [0.717, 1.165) is 11.4 Å². The van der Waals surface area contributed by atoms with Crippen LogP contribution in [-0.2, 0) is 0 Å². The first kappa shape index (κ1) is 16.9. The van der Waals surface area contributed by atoms with Crippen molar-refractivity contribution in [1.82, 2.24) is 0 Å².